The van der Waals surface area contributed by atoms with Gasteiger partial charge in [-0.25, -0.2) is 9.67 Å². The van der Waals surface area contributed by atoms with E-state index in [2.05, 4.69) is 16.1 Å². The fourth-order valence-electron chi connectivity index (χ4n) is 4.32. The van der Waals surface area contributed by atoms with Gasteiger partial charge in [-0.3, -0.25) is 0 Å². The van der Waals surface area contributed by atoms with Crippen LogP contribution in [-0.4, -0.2) is 25.5 Å². The summed E-state index contributed by atoms with van der Waals surface area (Å²) in [6.45, 7) is 0.300. The van der Waals surface area contributed by atoms with Crippen LogP contribution in [0.4, 0.5) is 0 Å². The minimum atomic E-state index is -1.18. The molecule has 1 aliphatic carbocycles. The monoisotopic (exact) mass is 367 g/mol. The minimum absolute atomic E-state index is 0.165. The second kappa shape index (κ2) is 5.64. The maximum absolute atomic E-state index is 11.9. The van der Waals surface area contributed by atoms with Crippen LogP contribution in [-0.2, 0) is 23.3 Å². The molecule has 2 aliphatic rings. The molecule has 0 bridgehead atoms. The van der Waals surface area contributed by atoms with Gasteiger partial charge in [-0.05, 0) is 41.7 Å². The first-order chi connectivity index (χ1) is 12.6. The van der Waals surface area contributed by atoms with Crippen LogP contribution in [0.2, 0.25) is 5.02 Å². The van der Waals surface area contributed by atoms with Crippen LogP contribution in [0.5, 0.6) is 0 Å². The van der Waals surface area contributed by atoms with E-state index >= 15 is 0 Å². The average molecular weight is 368 g/mol. The highest BCUT2D eigenvalue weighted by atomic mass is 35.5. The molecule has 5 nitrogen and oxygen atoms in total. The Morgan fingerprint density at radius 3 is 2.77 bits per heavy atom. The molecular formula is C20H18ClN3O2. The Morgan fingerprint density at radius 2 is 2.00 bits per heavy atom. The van der Waals surface area contributed by atoms with Gasteiger partial charge in [-0.1, -0.05) is 48.0 Å². The van der Waals surface area contributed by atoms with E-state index < -0.39 is 11.2 Å². The van der Waals surface area contributed by atoms with E-state index in [0.717, 1.165) is 29.5 Å². The molecule has 1 aliphatic heterocycles. The first-order valence-electron chi connectivity index (χ1n) is 8.69. The molecular weight excluding hydrogens is 350 g/mol. The number of halogens is 1. The molecule has 0 unspecified atom stereocenters. The van der Waals surface area contributed by atoms with Crippen LogP contribution in [0.3, 0.4) is 0 Å². The average Bonchev–Trinajstić information content (AvgIpc) is 3.17. The zero-order chi connectivity index (χ0) is 17.8. The fourth-order valence-corrected chi connectivity index (χ4v) is 4.45. The number of ether oxygens (including phenoxy) is 1. The van der Waals surface area contributed by atoms with Gasteiger partial charge in [-0.15, -0.1) is 0 Å². The SMILES string of the molecule is O[C@@]1(Cn2cncn2)c2ccccc2CC[C@]12O[C@H]2c1ccc(Cl)cc1. The lowest BCUT2D eigenvalue weighted by atomic mass is 9.68. The van der Waals surface area contributed by atoms with Gasteiger partial charge in [0.2, 0.25) is 0 Å². The van der Waals surface area contributed by atoms with Gasteiger partial charge in [-0.2, -0.15) is 5.10 Å². The van der Waals surface area contributed by atoms with Gasteiger partial charge in [0.25, 0.3) is 0 Å². The standard InChI is InChI=1S/C20H18ClN3O2/c21-16-7-5-15(6-8-16)18-20(26-18)10-9-14-3-1-2-4-17(14)19(20,25)11-24-13-22-12-23-24/h1-8,12-13,18,25H,9-11H2/t18-,19-,20+/m0/s1. The number of epoxide rings is 1. The normalized spacial score (nSPS) is 29.5. The largest absolute Gasteiger partial charge is 0.380 e. The van der Waals surface area contributed by atoms with E-state index in [-0.39, 0.29) is 6.10 Å². The second-order valence-corrected chi connectivity index (χ2v) is 7.49. The third-order valence-electron chi connectivity index (χ3n) is 5.65. The van der Waals surface area contributed by atoms with Crippen LogP contribution in [0.1, 0.15) is 29.2 Å². The van der Waals surface area contributed by atoms with E-state index in [0.29, 0.717) is 11.6 Å². The lowest BCUT2D eigenvalue weighted by molar-refractivity contribution is -0.0704. The number of rotatable bonds is 3. The molecule has 5 rings (SSSR count). The van der Waals surface area contributed by atoms with Gasteiger partial charge in [0.15, 0.2) is 0 Å². The lowest BCUT2D eigenvalue weighted by Crippen LogP contribution is -2.50. The van der Waals surface area contributed by atoms with Crippen molar-refractivity contribution in [1.29, 1.82) is 0 Å². The molecule has 1 saturated heterocycles. The minimum Gasteiger partial charge on any atom is -0.380 e. The fraction of sp³-hybridized carbons (Fsp3) is 0.300. The number of benzene rings is 2. The van der Waals surface area contributed by atoms with E-state index in [1.165, 1.54) is 6.33 Å². The van der Waals surface area contributed by atoms with Gasteiger partial charge >= 0.3 is 0 Å². The third-order valence-corrected chi connectivity index (χ3v) is 5.91. The van der Waals surface area contributed by atoms with Gasteiger partial charge < -0.3 is 9.84 Å². The Bertz CT molecular complexity index is 944. The van der Waals surface area contributed by atoms with E-state index in [1.54, 1.807) is 11.0 Å². The van der Waals surface area contributed by atoms with Crippen molar-refractivity contribution in [1.82, 2.24) is 14.8 Å². The van der Waals surface area contributed by atoms with Crippen molar-refractivity contribution in [2.45, 2.75) is 36.7 Å². The van der Waals surface area contributed by atoms with E-state index in [4.69, 9.17) is 16.3 Å². The topological polar surface area (TPSA) is 63.5 Å². The van der Waals surface area contributed by atoms with Gasteiger partial charge in [0, 0.05) is 5.02 Å². The molecule has 1 aromatic heterocycles. The summed E-state index contributed by atoms with van der Waals surface area (Å²) in [5, 5.41) is 16.8. The first-order valence-corrected chi connectivity index (χ1v) is 9.07. The molecule has 3 aromatic rings. The predicted molar refractivity (Wildman–Crippen MR) is 96.7 cm³/mol. The molecule has 1 fully saturated rings. The molecule has 6 heteroatoms. The summed E-state index contributed by atoms with van der Waals surface area (Å²) in [6.07, 6.45) is 4.57. The lowest BCUT2D eigenvalue weighted by Gasteiger charge is -2.40. The summed E-state index contributed by atoms with van der Waals surface area (Å²) in [7, 11) is 0. The highest BCUT2D eigenvalue weighted by Crippen LogP contribution is 2.64. The van der Waals surface area contributed by atoms with Crippen molar-refractivity contribution < 1.29 is 9.84 Å². The summed E-state index contributed by atoms with van der Waals surface area (Å²) in [5.74, 6) is 0. The summed E-state index contributed by atoms with van der Waals surface area (Å²) < 4.78 is 7.91. The molecule has 132 valence electrons. The molecule has 0 amide bonds. The van der Waals surface area contributed by atoms with Crippen LogP contribution in [0, 0.1) is 0 Å². The quantitative estimate of drug-likeness (QED) is 0.721. The van der Waals surface area contributed by atoms with Crippen molar-refractivity contribution in [2.24, 2.45) is 0 Å². The van der Waals surface area contributed by atoms with Gasteiger partial charge in [0.1, 0.15) is 30.0 Å². The molecule has 26 heavy (non-hydrogen) atoms. The Morgan fingerprint density at radius 1 is 1.19 bits per heavy atom. The number of hydrogen-bond donors (Lipinski definition) is 1. The van der Waals surface area contributed by atoms with Crippen molar-refractivity contribution in [3.8, 4) is 0 Å². The molecule has 0 saturated carbocycles. The molecule has 0 radical (unpaired) electrons. The van der Waals surface area contributed by atoms with Gasteiger partial charge in [0.05, 0.1) is 6.54 Å². The predicted octanol–water partition coefficient (Wildman–Crippen LogP) is 3.28. The summed E-state index contributed by atoms with van der Waals surface area (Å²) >= 11 is 6.02. The third kappa shape index (κ3) is 2.24. The maximum Gasteiger partial charge on any atom is 0.141 e. The van der Waals surface area contributed by atoms with Crippen molar-refractivity contribution in [2.75, 3.05) is 0 Å². The first kappa shape index (κ1) is 16.0. The van der Waals surface area contributed by atoms with Crippen molar-refractivity contribution >= 4 is 11.6 Å². The molecule has 1 N–H and O–H groups in total. The molecule has 2 heterocycles. The van der Waals surface area contributed by atoms with Crippen LogP contribution in [0.25, 0.3) is 0 Å². The summed E-state index contributed by atoms with van der Waals surface area (Å²) in [6, 6.07) is 15.7. The zero-order valence-electron chi connectivity index (χ0n) is 14.0. The molecule has 3 atom stereocenters. The van der Waals surface area contributed by atoms with Crippen molar-refractivity contribution in [3.05, 3.63) is 82.9 Å². The Hall–Kier alpha value is -2.21. The smallest absolute Gasteiger partial charge is 0.141 e. The van der Waals surface area contributed by atoms with Crippen molar-refractivity contribution in [3.63, 3.8) is 0 Å². The van der Waals surface area contributed by atoms with Crippen LogP contribution in [0.15, 0.2) is 61.2 Å². The number of nitrogens with zero attached hydrogens (tertiary/aromatic N) is 3. The molecule has 2 aromatic carbocycles. The number of aliphatic hydroxyl groups is 1. The highest BCUT2D eigenvalue weighted by molar-refractivity contribution is 6.30. The zero-order valence-corrected chi connectivity index (χ0v) is 14.8. The maximum atomic E-state index is 11.9. The second-order valence-electron chi connectivity index (χ2n) is 7.05. The Balaban J connectivity index is 1.60. The summed E-state index contributed by atoms with van der Waals surface area (Å²) in [4.78, 5) is 4.02. The Kier molecular flexibility index (Phi) is 3.47. The highest BCUT2D eigenvalue weighted by Gasteiger charge is 2.71. The Labute approximate surface area is 156 Å². The number of aromatic nitrogens is 3. The van der Waals surface area contributed by atoms with E-state index in [1.807, 2.05) is 42.5 Å². The number of fused-ring (bicyclic) bond motifs is 1. The van der Waals surface area contributed by atoms with Crippen LogP contribution < -0.4 is 0 Å². The number of aryl methyl sites for hydroxylation is 1. The van der Waals surface area contributed by atoms with E-state index in [9.17, 15) is 5.11 Å². The molecule has 1 spiro atoms. The van der Waals surface area contributed by atoms with Crippen LogP contribution >= 0.6 is 11.6 Å². The summed E-state index contributed by atoms with van der Waals surface area (Å²) in [5.41, 5.74) is 1.26. The number of hydrogen-bond acceptors (Lipinski definition) is 4.